The largest absolute Gasteiger partial charge is 0.481 e. The second-order valence-corrected chi connectivity index (χ2v) is 5.94. The van der Waals surface area contributed by atoms with E-state index in [1.54, 1.807) is 24.1 Å². The number of carbonyl (C=O) groups is 2. The molecule has 0 saturated carbocycles. The number of rotatable bonds is 6. The fourth-order valence-corrected chi connectivity index (χ4v) is 3.42. The minimum atomic E-state index is -0.902. The molecular formula is C17H21NO6. The summed E-state index contributed by atoms with van der Waals surface area (Å²) in [5, 5.41) is 9.66. The van der Waals surface area contributed by atoms with Crippen molar-refractivity contribution in [2.24, 2.45) is 5.92 Å². The number of likely N-dealkylation sites (tertiary alicyclic amines) is 1. The first-order valence-electron chi connectivity index (χ1n) is 8.03. The highest BCUT2D eigenvalue weighted by Crippen LogP contribution is 2.45. The van der Waals surface area contributed by atoms with Crippen molar-refractivity contribution in [3.63, 3.8) is 0 Å². The van der Waals surface area contributed by atoms with Crippen molar-refractivity contribution < 1.29 is 28.9 Å². The monoisotopic (exact) mass is 335 g/mol. The number of ether oxygens (including phenoxy) is 3. The van der Waals surface area contributed by atoms with Gasteiger partial charge in [-0.25, -0.2) is 0 Å². The van der Waals surface area contributed by atoms with Gasteiger partial charge in [0, 0.05) is 32.2 Å². The smallest absolute Gasteiger partial charge is 0.308 e. The molecule has 24 heavy (non-hydrogen) atoms. The number of para-hydroxylation sites is 1. The lowest BCUT2D eigenvalue weighted by Gasteiger charge is -2.40. The van der Waals surface area contributed by atoms with E-state index >= 15 is 0 Å². The van der Waals surface area contributed by atoms with Crippen molar-refractivity contribution in [3.8, 4) is 11.5 Å². The van der Waals surface area contributed by atoms with E-state index in [2.05, 4.69) is 0 Å². The third-order valence-electron chi connectivity index (χ3n) is 4.52. The van der Waals surface area contributed by atoms with E-state index in [4.69, 9.17) is 14.2 Å². The molecule has 7 heteroatoms. The minimum Gasteiger partial charge on any atom is -0.481 e. The zero-order valence-corrected chi connectivity index (χ0v) is 13.6. The molecule has 0 radical (unpaired) electrons. The Morgan fingerprint density at radius 1 is 1.42 bits per heavy atom. The SMILES string of the molecule is COCCCN1C(=O)CCC(C(=O)O)C1c1cccc2c1OCO2. The van der Waals surface area contributed by atoms with Gasteiger partial charge < -0.3 is 24.2 Å². The van der Waals surface area contributed by atoms with Crippen molar-refractivity contribution in [1.29, 1.82) is 0 Å². The molecule has 0 bridgehead atoms. The van der Waals surface area contributed by atoms with Crippen LogP contribution in [-0.2, 0) is 14.3 Å². The van der Waals surface area contributed by atoms with Gasteiger partial charge in [0.05, 0.1) is 12.0 Å². The van der Waals surface area contributed by atoms with Gasteiger partial charge in [-0.1, -0.05) is 12.1 Å². The number of piperidine rings is 1. The zero-order valence-electron chi connectivity index (χ0n) is 13.6. The Kier molecular flexibility index (Phi) is 4.89. The van der Waals surface area contributed by atoms with Gasteiger partial charge in [0.1, 0.15) is 0 Å². The summed E-state index contributed by atoms with van der Waals surface area (Å²) in [6.45, 7) is 1.07. The predicted octanol–water partition coefficient (Wildman–Crippen LogP) is 1.82. The molecule has 7 nitrogen and oxygen atoms in total. The van der Waals surface area contributed by atoms with E-state index < -0.39 is 17.9 Å². The minimum absolute atomic E-state index is 0.0369. The van der Waals surface area contributed by atoms with Gasteiger partial charge in [0.25, 0.3) is 0 Å². The summed E-state index contributed by atoms with van der Waals surface area (Å²) in [5.74, 6) is -0.474. The summed E-state index contributed by atoms with van der Waals surface area (Å²) in [6, 6.07) is 4.84. The van der Waals surface area contributed by atoms with E-state index in [9.17, 15) is 14.7 Å². The zero-order chi connectivity index (χ0) is 17.1. The maximum atomic E-state index is 12.5. The quantitative estimate of drug-likeness (QED) is 0.798. The van der Waals surface area contributed by atoms with Crippen molar-refractivity contribution in [2.45, 2.75) is 25.3 Å². The maximum absolute atomic E-state index is 12.5. The van der Waals surface area contributed by atoms with Crippen molar-refractivity contribution >= 4 is 11.9 Å². The first kappa shape index (κ1) is 16.6. The normalized spacial score (nSPS) is 22.7. The molecule has 2 heterocycles. The number of fused-ring (bicyclic) bond motifs is 1. The average molecular weight is 335 g/mol. The van der Waals surface area contributed by atoms with Gasteiger partial charge in [-0.2, -0.15) is 0 Å². The van der Waals surface area contributed by atoms with Gasteiger partial charge in [-0.3, -0.25) is 9.59 Å². The summed E-state index contributed by atoms with van der Waals surface area (Å²) in [4.78, 5) is 25.9. The number of hydrogen-bond acceptors (Lipinski definition) is 5. The first-order valence-corrected chi connectivity index (χ1v) is 8.03. The van der Waals surface area contributed by atoms with Gasteiger partial charge in [-0.05, 0) is 18.9 Å². The molecule has 3 rings (SSSR count). The summed E-state index contributed by atoms with van der Waals surface area (Å²) >= 11 is 0. The molecule has 130 valence electrons. The molecule has 1 fully saturated rings. The van der Waals surface area contributed by atoms with Crippen LogP contribution in [0, 0.1) is 5.92 Å². The highest BCUT2D eigenvalue weighted by atomic mass is 16.7. The number of carboxylic acid groups (broad SMARTS) is 1. The van der Waals surface area contributed by atoms with E-state index in [0.717, 1.165) is 0 Å². The summed E-state index contributed by atoms with van der Waals surface area (Å²) in [7, 11) is 1.60. The Morgan fingerprint density at radius 3 is 3.00 bits per heavy atom. The van der Waals surface area contributed by atoms with Crippen LogP contribution < -0.4 is 9.47 Å². The molecule has 2 atom stereocenters. The lowest BCUT2D eigenvalue weighted by Crippen LogP contribution is -2.46. The molecule has 0 aliphatic carbocycles. The molecule has 2 aliphatic rings. The Hall–Kier alpha value is -2.28. The number of methoxy groups -OCH3 is 1. The fourth-order valence-electron chi connectivity index (χ4n) is 3.42. The second-order valence-electron chi connectivity index (χ2n) is 5.94. The summed E-state index contributed by atoms with van der Waals surface area (Å²) in [5.41, 5.74) is 0.697. The Labute approximate surface area is 140 Å². The van der Waals surface area contributed by atoms with Crippen LogP contribution in [0.4, 0.5) is 0 Å². The van der Waals surface area contributed by atoms with Crippen molar-refractivity contribution in [2.75, 3.05) is 27.1 Å². The van der Waals surface area contributed by atoms with Gasteiger partial charge >= 0.3 is 5.97 Å². The highest BCUT2D eigenvalue weighted by Gasteiger charge is 2.42. The van der Waals surface area contributed by atoms with Crippen molar-refractivity contribution in [3.05, 3.63) is 23.8 Å². The highest BCUT2D eigenvalue weighted by molar-refractivity contribution is 5.82. The van der Waals surface area contributed by atoms with Crippen LogP contribution >= 0.6 is 0 Å². The maximum Gasteiger partial charge on any atom is 0.308 e. The van der Waals surface area contributed by atoms with E-state index in [1.165, 1.54) is 0 Å². The number of aliphatic carboxylic acids is 1. The number of benzene rings is 1. The number of nitrogens with zero attached hydrogens (tertiary/aromatic N) is 1. The van der Waals surface area contributed by atoms with Gasteiger partial charge in [-0.15, -0.1) is 0 Å². The Balaban J connectivity index is 1.98. The number of hydrogen-bond donors (Lipinski definition) is 1. The lowest BCUT2D eigenvalue weighted by atomic mass is 9.83. The van der Waals surface area contributed by atoms with Gasteiger partial charge in [0.2, 0.25) is 12.7 Å². The van der Waals surface area contributed by atoms with E-state index in [-0.39, 0.29) is 19.1 Å². The number of carboxylic acids is 1. The third-order valence-corrected chi connectivity index (χ3v) is 4.52. The van der Waals surface area contributed by atoms with Crippen LogP contribution in [-0.4, -0.2) is 48.9 Å². The molecule has 0 spiro atoms. The second kappa shape index (κ2) is 7.09. The third kappa shape index (κ3) is 3.03. The van der Waals surface area contributed by atoms with Crippen LogP contribution in [0.2, 0.25) is 0 Å². The Morgan fingerprint density at radius 2 is 2.25 bits per heavy atom. The van der Waals surface area contributed by atoms with Crippen LogP contribution in [0.5, 0.6) is 11.5 Å². The van der Waals surface area contributed by atoms with Crippen molar-refractivity contribution in [1.82, 2.24) is 4.90 Å². The van der Waals surface area contributed by atoms with Gasteiger partial charge in [0.15, 0.2) is 11.5 Å². The topological polar surface area (TPSA) is 85.3 Å². The molecule has 2 aliphatic heterocycles. The molecule has 1 aromatic rings. The fraction of sp³-hybridized carbons (Fsp3) is 0.529. The molecule has 1 amide bonds. The predicted molar refractivity (Wildman–Crippen MR) is 83.9 cm³/mol. The van der Waals surface area contributed by atoms with E-state index in [1.807, 2.05) is 6.07 Å². The van der Waals surface area contributed by atoms with Crippen LogP contribution in [0.1, 0.15) is 30.9 Å². The molecule has 1 aromatic carbocycles. The average Bonchev–Trinajstić information content (AvgIpc) is 3.04. The molecule has 1 saturated heterocycles. The molecular weight excluding hydrogens is 314 g/mol. The van der Waals surface area contributed by atoms with E-state index in [0.29, 0.717) is 43.1 Å². The van der Waals surface area contributed by atoms with Crippen LogP contribution in [0.25, 0.3) is 0 Å². The Bertz CT molecular complexity index is 632. The first-order chi connectivity index (χ1) is 11.6. The standard InChI is InChI=1S/C17H21NO6/c1-22-9-3-8-18-14(19)7-6-12(17(20)21)15(18)11-4-2-5-13-16(11)24-10-23-13/h2,4-5,12,15H,3,6-10H2,1H3,(H,20,21). The number of amides is 1. The number of carbonyl (C=O) groups excluding carboxylic acids is 1. The van der Waals surface area contributed by atoms with Crippen LogP contribution in [0.3, 0.4) is 0 Å². The summed E-state index contributed by atoms with van der Waals surface area (Å²) < 4.78 is 16.0. The van der Waals surface area contributed by atoms with Crippen LogP contribution in [0.15, 0.2) is 18.2 Å². The summed E-state index contributed by atoms with van der Waals surface area (Å²) in [6.07, 6.45) is 1.22. The molecule has 0 aromatic heterocycles. The lowest BCUT2D eigenvalue weighted by molar-refractivity contribution is -0.152. The molecule has 2 unspecified atom stereocenters. The molecule has 1 N–H and O–H groups in total.